The minimum Gasteiger partial charge on any atom is -0.494 e. The van der Waals surface area contributed by atoms with Crippen LogP contribution in [0.1, 0.15) is 31.3 Å². The van der Waals surface area contributed by atoms with E-state index < -0.39 is 5.82 Å². The average molecular weight is 446 g/mol. The number of guanidine groups is 1. The van der Waals surface area contributed by atoms with Crippen LogP contribution in [0.3, 0.4) is 0 Å². The van der Waals surface area contributed by atoms with Crippen LogP contribution in [0.2, 0.25) is 5.02 Å². The van der Waals surface area contributed by atoms with Crippen molar-refractivity contribution in [1.29, 1.82) is 0 Å². The Hall–Kier alpha value is -3.13. The maximum absolute atomic E-state index is 14.0. The molecular formula is C22H25ClFN5O2. The zero-order valence-electron chi connectivity index (χ0n) is 17.7. The van der Waals surface area contributed by atoms with E-state index in [1.807, 2.05) is 32.0 Å². The molecule has 1 unspecified atom stereocenters. The Labute approximate surface area is 185 Å². The number of hydrogen-bond donors (Lipinski definition) is 2. The normalized spacial score (nSPS) is 12.5. The fourth-order valence-corrected chi connectivity index (χ4v) is 3.12. The van der Waals surface area contributed by atoms with Crippen molar-refractivity contribution in [2.45, 2.75) is 26.3 Å². The van der Waals surface area contributed by atoms with Gasteiger partial charge in [0.25, 0.3) is 0 Å². The largest absolute Gasteiger partial charge is 0.494 e. The van der Waals surface area contributed by atoms with Crippen LogP contribution in [-0.2, 0) is 6.42 Å². The molecule has 2 aromatic carbocycles. The van der Waals surface area contributed by atoms with Gasteiger partial charge in [0.1, 0.15) is 0 Å². The quantitative estimate of drug-likeness (QED) is 0.395. The van der Waals surface area contributed by atoms with Gasteiger partial charge in [-0.2, -0.15) is 4.98 Å². The van der Waals surface area contributed by atoms with Crippen LogP contribution in [0, 0.1) is 5.82 Å². The lowest BCUT2D eigenvalue weighted by atomic mass is 10.1. The predicted octanol–water partition coefficient (Wildman–Crippen LogP) is 4.40. The lowest BCUT2D eigenvalue weighted by Gasteiger charge is -2.18. The SMILES string of the molecule is CCNC(=NCCc1nc(-c2cccc(Cl)c2)no1)NC(C)c1ccc(OC)c(F)c1. The summed E-state index contributed by atoms with van der Waals surface area (Å²) in [6.45, 7) is 5.04. The van der Waals surface area contributed by atoms with Gasteiger partial charge in [0.2, 0.25) is 11.7 Å². The molecule has 0 radical (unpaired) electrons. The number of aliphatic imine (C=N–C) groups is 1. The average Bonchev–Trinajstić information content (AvgIpc) is 3.23. The zero-order chi connectivity index (χ0) is 22.2. The summed E-state index contributed by atoms with van der Waals surface area (Å²) in [7, 11) is 1.44. The molecule has 0 saturated carbocycles. The first-order valence-electron chi connectivity index (χ1n) is 9.97. The number of nitrogens with zero attached hydrogens (tertiary/aromatic N) is 3. The summed E-state index contributed by atoms with van der Waals surface area (Å²) in [5.41, 5.74) is 1.58. The van der Waals surface area contributed by atoms with Crippen LogP contribution in [0.4, 0.5) is 4.39 Å². The van der Waals surface area contributed by atoms with E-state index in [1.54, 1.807) is 18.2 Å². The predicted molar refractivity (Wildman–Crippen MR) is 119 cm³/mol. The smallest absolute Gasteiger partial charge is 0.228 e. The summed E-state index contributed by atoms with van der Waals surface area (Å²) < 4.78 is 24.3. The van der Waals surface area contributed by atoms with Crippen molar-refractivity contribution in [3.63, 3.8) is 0 Å². The first kappa shape index (κ1) is 22.6. The molecule has 0 aliphatic carbocycles. The highest BCUT2D eigenvalue weighted by Crippen LogP contribution is 2.22. The van der Waals surface area contributed by atoms with Gasteiger partial charge in [-0.1, -0.05) is 35.0 Å². The molecule has 0 bridgehead atoms. The third-order valence-electron chi connectivity index (χ3n) is 4.52. The monoisotopic (exact) mass is 445 g/mol. The second-order valence-electron chi connectivity index (χ2n) is 6.79. The number of halogens is 2. The van der Waals surface area contributed by atoms with Gasteiger partial charge >= 0.3 is 0 Å². The summed E-state index contributed by atoms with van der Waals surface area (Å²) in [5, 5.41) is 11.1. The Bertz CT molecular complexity index is 1040. The number of hydrogen-bond acceptors (Lipinski definition) is 5. The van der Waals surface area contributed by atoms with Crippen LogP contribution >= 0.6 is 11.6 Å². The Kier molecular flexibility index (Phi) is 7.83. The Morgan fingerprint density at radius 2 is 2.13 bits per heavy atom. The van der Waals surface area contributed by atoms with E-state index in [0.29, 0.717) is 42.2 Å². The molecule has 7 nitrogen and oxygen atoms in total. The van der Waals surface area contributed by atoms with Crippen LogP contribution in [0.15, 0.2) is 52.0 Å². The second kappa shape index (κ2) is 10.8. The van der Waals surface area contributed by atoms with Gasteiger partial charge < -0.3 is 19.9 Å². The van der Waals surface area contributed by atoms with Crippen molar-refractivity contribution >= 4 is 17.6 Å². The van der Waals surface area contributed by atoms with Crippen LogP contribution in [0.25, 0.3) is 11.4 Å². The molecule has 0 saturated heterocycles. The highest BCUT2D eigenvalue weighted by Gasteiger charge is 2.12. The van der Waals surface area contributed by atoms with Crippen molar-refractivity contribution in [2.24, 2.45) is 4.99 Å². The topological polar surface area (TPSA) is 84.6 Å². The first-order chi connectivity index (χ1) is 15.0. The molecule has 0 spiro atoms. The minimum atomic E-state index is -0.400. The Balaban J connectivity index is 1.61. The summed E-state index contributed by atoms with van der Waals surface area (Å²) >= 11 is 6.01. The lowest BCUT2D eigenvalue weighted by Crippen LogP contribution is -2.38. The molecule has 2 N–H and O–H groups in total. The molecule has 164 valence electrons. The van der Waals surface area contributed by atoms with E-state index in [4.69, 9.17) is 20.9 Å². The number of ether oxygens (including phenoxy) is 1. The summed E-state index contributed by atoms with van der Waals surface area (Å²) in [6, 6.07) is 12.0. The number of aromatic nitrogens is 2. The van der Waals surface area contributed by atoms with Gasteiger partial charge in [0.05, 0.1) is 19.7 Å². The Morgan fingerprint density at radius 1 is 1.29 bits per heavy atom. The van der Waals surface area contributed by atoms with Crippen LogP contribution in [-0.4, -0.2) is 36.3 Å². The van der Waals surface area contributed by atoms with Crippen molar-refractivity contribution in [1.82, 2.24) is 20.8 Å². The maximum atomic E-state index is 14.0. The van der Waals surface area contributed by atoms with Gasteiger partial charge in [0, 0.05) is 23.6 Å². The standard InChI is InChI=1S/C22H25ClFN5O2/c1-4-25-22(27-14(2)15-8-9-19(30-3)18(24)13-15)26-11-10-20-28-21(29-31-20)16-6-5-7-17(23)12-16/h5-9,12-14H,4,10-11H2,1-3H3,(H2,25,26,27). The molecule has 31 heavy (non-hydrogen) atoms. The molecule has 3 aromatic rings. The fourth-order valence-electron chi connectivity index (χ4n) is 2.92. The molecular weight excluding hydrogens is 421 g/mol. The van der Waals surface area contributed by atoms with Gasteiger partial charge in [-0.25, -0.2) is 4.39 Å². The van der Waals surface area contributed by atoms with Gasteiger partial charge in [0.15, 0.2) is 17.5 Å². The molecule has 0 aliphatic rings. The van der Waals surface area contributed by atoms with E-state index in [2.05, 4.69) is 25.8 Å². The molecule has 0 fully saturated rings. The van der Waals surface area contributed by atoms with E-state index in [0.717, 1.165) is 11.1 Å². The van der Waals surface area contributed by atoms with E-state index in [9.17, 15) is 4.39 Å². The molecule has 0 aliphatic heterocycles. The first-order valence-corrected chi connectivity index (χ1v) is 10.3. The molecule has 1 atom stereocenters. The zero-order valence-corrected chi connectivity index (χ0v) is 18.4. The third kappa shape index (κ3) is 6.18. The maximum Gasteiger partial charge on any atom is 0.228 e. The summed E-state index contributed by atoms with van der Waals surface area (Å²) in [6.07, 6.45) is 0.482. The van der Waals surface area contributed by atoms with Crippen molar-refractivity contribution in [3.8, 4) is 17.1 Å². The molecule has 9 heteroatoms. The minimum absolute atomic E-state index is 0.156. The van der Waals surface area contributed by atoms with Crippen LogP contribution < -0.4 is 15.4 Å². The molecule has 1 aromatic heterocycles. The third-order valence-corrected chi connectivity index (χ3v) is 4.75. The van der Waals surface area contributed by atoms with Gasteiger partial charge in [-0.3, -0.25) is 4.99 Å². The van der Waals surface area contributed by atoms with E-state index in [1.165, 1.54) is 13.2 Å². The number of benzene rings is 2. The van der Waals surface area contributed by atoms with Gasteiger partial charge in [-0.05, 0) is 43.7 Å². The van der Waals surface area contributed by atoms with Crippen LogP contribution in [0.5, 0.6) is 5.75 Å². The van der Waals surface area contributed by atoms with E-state index >= 15 is 0 Å². The van der Waals surface area contributed by atoms with Crippen molar-refractivity contribution in [3.05, 3.63) is 64.8 Å². The highest BCUT2D eigenvalue weighted by molar-refractivity contribution is 6.30. The van der Waals surface area contributed by atoms with Crippen molar-refractivity contribution in [2.75, 3.05) is 20.2 Å². The molecule has 0 amide bonds. The highest BCUT2D eigenvalue weighted by atomic mass is 35.5. The number of rotatable bonds is 8. The molecule has 3 rings (SSSR count). The summed E-state index contributed by atoms with van der Waals surface area (Å²) in [5.74, 6) is 1.40. The fraction of sp³-hybridized carbons (Fsp3) is 0.318. The van der Waals surface area contributed by atoms with Crippen molar-refractivity contribution < 1.29 is 13.7 Å². The lowest BCUT2D eigenvalue weighted by molar-refractivity contribution is 0.380. The molecule has 1 heterocycles. The van der Waals surface area contributed by atoms with Gasteiger partial charge in [-0.15, -0.1) is 0 Å². The second-order valence-corrected chi connectivity index (χ2v) is 7.23. The van der Waals surface area contributed by atoms with E-state index in [-0.39, 0.29) is 11.8 Å². The number of methoxy groups -OCH3 is 1. The summed E-state index contributed by atoms with van der Waals surface area (Å²) in [4.78, 5) is 8.95. The number of nitrogens with one attached hydrogen (secondary N) is 2. The Morgan fingerprint density at radius 3 is 2.84 bits per heavy atom.